The Bertz CT molecular complexity index is 1450. The summed E-state index contributed by atoms with van der Waals surface area (Å²) in [5, 5.41) is 11.3. The summed E-state index contributed by atoms with van der Waals surface area (Å²) in [5.41, 5.74) is -0.266. The van der Waals surface area contributed by atoms with Crippen LogP contribution >= 0.6 is 0 Å². The van der Waals surface area contributed by atoms with Crippen molar-refractivity contribution < 1.29 is 41.1 Å². The first kappa shape index (κ1) is 28.3. The second-order valence-corrected chi connectivity index (χ2v) is 8.81. The molecule has 0 unspecified atom stereocenters. The molecule has 0 radical (unpaired) electrons. The number of benzene rings is 1. The number of alkyl halides is 4. The summed E-state index contributed by atoms with van der Waals surface area (Å²) in [6.07, 6.45) is 0.407. The van der Waals surface area contributed by atoms with E-state index in [9.17, 15) is 27.2 Å². The second-order valence-electron chi connectivity index (χ2n) is 8.81. The lowest BCUT2D eigenvalue weighted by Gasteiger charge is -2.17. The molecule has 0 aliphatic heterocycles. The quantitative estimate of drug-likeness (QED) is 0.260. The minimum absolute atomic E-state index is 0.0441. The molecule has 210 valence electrons. The molecule has 40 heavy (non-hydrogen) atoms. The molecule has 1 saturated carbocycles. The maximum atomic E-state index is 12.5. The van der Waals surface area contributed by atoms with E-state index in [0.717, 1.165) is 24.5 Å². The maximum Gasteiger partial charge on any atom is 0.452 e. The van der Waals surface area contributed by atoms with Gasteiger partial charge in [-0.3, -0.25) is 4.79 Å². The van der Waals surface area contributed by atoms with Crippen LogP contribution in [-0.4, -0.2) is 45.5 Å². The lowest BCUT2D eigenvalue weighted by molar-refractivity contribution is -0.153. The van der Waals surface area contributed by atoms with Crippen molar-refractivity contribution in [3.05, 3.63) is 78.0 Å². The number of aromatic nitrogens is 3. The number of rotatable bonds is 8. The zero-order valence-electron chi connectivity index (χ0n) is 21.0. The number of oxazole rings is 2. The third-order valence-electron chi connectivity index (χ3n) is 5.63. The fourth-order valence-corrected chi connectivity index (χ4v) is 3.50. The summed E-state index contributed by atoms with van der Waals surface area (Å²) < 4.78 is 59.3. The third kappa shape index (κ3) is 7.21. The van der Waals surface area contributed by atoms with Gasteiger partial charge in [-0.1, -0.05) is 18.2 Å². The number of pyridine rings is 1. The van der Waals surface area contributed by atoms with Crippen LogP contribution in [0, 0.1) is 5.92 Å². The van der Waals surface area contributed by atoms with Gasteiger partial charge in [-0.15, -0.1) is 0 Å². The SMILES string of the molecule is CN(CC1CC1)c1ccc(NC(=O)c2coc(CF)n2)cn1.O=C(O)c1nc(-c2ccccc2)oc1C(F)(F)F. The van der Waals surface area contributed by atoms with Gasteiger partial charge in [-0.25, -0.2) is 24.1 Å². The monoisotopic (exact) mass is 561 g/mol. The molecule has 1 fully saturated rings. The zero-order valence-corrected chi connectivity index (χ0v) is 21.0. The first-order valence-corrected chi connectivity index (χ1v) is 11.9. The first-order valence-electron chi connectivity index (χ1n) is 11.9. The number of anilines is 2. The molecule has 2 N–H and O–H groups in total. The Morgan fingerprint density at radius 1 is 1.12 bits per heavy atom. The molecule has 1 aromatic carbocycles. The highest BCUT2D eigenvalue weighted by Crippen LogP contribution is 2.35. The second kappa shape index (κ2) is 12.0. The highest BCUT2D eigenvalue weighted by Gasteiger charge is 2.42. The van der Waals surface area contributed by atoms with Gasteiger partial charge < -0.3 is 24.2 Å². The zero-order chi connectivity index (χ0) is 28.9. The summed E-state index contributed by atoms with van der Waals surface area (Å²) >= 11 is 0. The van der Waals surface area contributed by atoms with Gasteiger partial charge in [0.25, 0.3) is 5.91 Å². The van der Waals surface area contributed by atoms with Crippen molar-refractivity contribution in [1.82, 2.24) is 15.0 Å². The highest BCUT2D eigenvalue weighted by molar-refractivity contribution is 6.02. The number of nitrogens with zero attached hydrogens (tertiary/aromatic N) is 4. The van der Waals surface area contributed by atoms with Crippen LogP contribution in [0.5, 0.6) is 0 Å². The Hall–Kier alpha value is -4.75. The summed E-state index contributed by atoms with van der Waals surface area (Å²) in [7, 11) is 2.01. The molecule has 10 nitrogen and oxygen atoms in total. The van der Waals surface area contributed by atoms with Crippen LogP contribution in [0.2, 0.25) is 0 Å². The van der Waals surface area contributed by atoms with Crippen molar-refractivity contribution in [2.75, 3.05) is 23.8 Å². The Kier molecular flexibility index (Phi) is 8.46. The Morgan fingerprint density at radius 3 is 2.38 bits per heavy atom. The van der Waals surface area contributed by atoms with Gasteiger partial charge in [0.1, 0.15) is 12.1 Å². The first-order chi connectivity index (χ1) is 19.0. The van der Waals surface area contributed by atoms with E-state index in [4.69, 9.17) is 9.52 Å². The van der Waals surface area contributed by atoms with E-state index in [1.165, 1.54) is 25.0 Å². The maximum absolute atomic E-state index is 12.5. The number of amides is 1. The molecule has 0 atom stereocenters. The van der Waals surface area contributed by atoms with Crippen LogP contribution in [0.25, 0.3) is 11.5 Å². The Balaban J connectivity index is 0.000000189. The average Bonchev–Trinajstić information content (AvgIpc) is 3.41. The third-order valence-corrected chi connectivity index (χ3v) is 5.63. The number of nitrogens with one attached hydrogen (secondary N) is 1. The number of carboxylic acids is 1. The summed E-state index contributed by atoms with van der Waals surface area (Å²) in [5.74, 6) is -2.68. The molecule has 3 heterocycles. The molecule has 1 aliphatic carbocycles. The largest absolute Gasteiger partial charge is 0.476 e. The van der Waals surface area contributed by atoms with Crippen molar-refractivity contribution in [2.24, 2.45) is 5.92 Å². The van der Waals surface area contributed by atoms with Gasteiger partial charge in [0.15, 0.2) is 18.1 Å². The van der Waals surface area contributed by atoms with Gasteiger partial charge >= 0.3 is 12.1 Å². The Labute approximate surface area is 224 Å². The predicted molar refractivity (Wildman–Crippen MR) is 133 cm³/mol. The van der Waals surface area contributed by atoms with E-state index in [-0.39, 0.29) is 23.0 Å². The molecule has 0 saturated heterocycles. The smallest absolute Gasteiger partial charge is 0.452 e. The van der Waals surface area contributed by atoms with Crippen LogP contribution in [0.3, 0.4) is 0 Å². The summed E-state index contributed by atoms with van der Waals surface area (Å²) in [6.45, 7) is 0.167. The van der Waals surface area contributed by atoms with E-state index >= 15 is 0 Å². The van der Waals surface area contributed by atoms with E-state index < -0.39 is 36.2 Å². The number of carbonyl (C=O) groups excluding carboxylic acids is 1. The van der Waals surface area contributed by atoms with Crippen LogP contribution < -0.4 is 10.2 Å². The molecule has 3 aromatic heterocycles. The predicted octanol–water partition coefficient (Wildman–Crippen LogP) is 5.70. The Morgan fingerprint density at radius 2 is 1.85 bits per heavy atom. The van der Waals surface area contributed by atoms with E-state index in [0.29, 0.717) is 5.69 Å². The molecule has 14 heteroatoms. The lowest BCUT2D eigenvalue weighted by atomic mass is 10.2. The van der Waals surface area contributed by atoms with Crippen molar-refractivity contribution in [3.8, 4) is 11.5 Å². The van der Waals surface area contributed by atoms with Gasteiger partial charge in [-0.05, 0) is 43.0 Å². The topological polar surface area (TPSA) is 135 Å². The standard InChI is InChI=1S/C15H17FN4O2.C11H6F3NO3/c1-20(8-10-2-3-10)13-5-4-11(7-17-13)18-15(21)12-9-22-14(6-16)19-12;12-11(13,14)8-7(10(16)17)15-9(18-8)6-4-2-1-3-5-6/h4-5,7,9-10H,2-3,6,8H2,1H3,(H,18,21);1-5H,(H,16,17). The van der Waals surface area contributed by atoms with Crippen LogP contribution in [-0.2, 0) is 12.9 Å². The normalized spacial score (nSPS) is 12.8. The number of carbonyl (C=O) groups is 2. The molecule has 1 amide bonds. The molecular formula is C26H23F4N5O5. The molecule has 4 aromatic rings. The molecule has 0 spiro atoms. The highest BCUT2D eigenvalue weighted by atomic mass is 19.4. The fraction of sp³-hybridized carbons (Fsp3) is 0.269. The van der Waals surface area contributed by atoms with E-state index in [1.54, 1.807) is 30.5 Å². The van der Waals surface area contributed by atoms with Gasteiger partial charge in [0.2, 0.25) is 17.5 Å². The van der Waals surface area contributed by atoms with Crippen molar-refractivity contribution in [1.29, 1.82) is 0 Å². The number of hydrogen-bond acceptors (Lipinski definition) is 8. The molecule has 1 aliphatic rings. The van der Waals surface area contributed by atoms with Crippen LogP contribution in [0.1, 0.15) is 45.5 Å². The van der Waals surface area contributed by atoms with E-state index in [2.05, 4.69) is 29.6 Å². The minimum Gasteiger partial charge on any atom is -0.476 e. The summed E-state index contributed by atoms with van der Waals surface area (Å²) in [4.78, 5) is 36.1. The molecule has 0 bridgehead atoms. The van der Waals surface area contributed by atoms with Gasteiger partial charge in [-0.2, -0.15) is 13.2 Å². The number of carboxylic acid groups (broad SMARTS) is 1. The van der Waals surface area contributed by atoms with Crippen LogP contribution in [0.15, 0.2) is 63.8 Å². The molecular weight excluding hydrogens is 538 g/mol. The van der Waals surface area contributed by atoms with Gasteiger partial charge in [0, 0.05) is 19.2 Å². The van der Waals surface area contributed by atoms with Crippen molar-refractivity contribution in [2.45, 2.75) is 25.7 Å². The lowest BCUT2D eigenvalue weighted by Crippen LogP contribution is -2.21. The minimum atomic E-state index is -4.90. The average molecular weight is 561 g/mol. The van der Waals surface area contributed by atoms with Crippen molar-refractivity contribution >= 4 is 23.4 Å². The van der Waals surface area contributed by atoms with Crippen LogP contribution in [0.4, 0.5) is 29.1 Å². The van der Waals surface area contributed by atoms with Crippen molar-refractivity contribution in [3.63, 3.8) is 0 Å². The number of aromatic carboxylic acids is 1. The fourth-order valence-electron chi connectivity index (χ4n) is 3.50. The summed E-state index contributed by atoms with van der Waals surface area (Å²) in [6, 6.07) is 11.4. The number of hydrogen-bond donors (Lipinski definition) is 2. The molecule has 5 rings (SSSR count). The number of halogens is 4. The van der Waals surface area contributed by atoms with Gasteiger partial charge in [0.05, 0.1) is 11.9 Å². The van der Waals surface area contributed by atoms with E-state index in [1.807, 2.05) is 13.1 Å².